The molecule has 2 heterocycles. The number of benzene rings is 2. The summed E-state index contributed by atoms with van der Waals surface area (Å²) in [4.78, 5) is -0.307. The quantitative estimate of drug-likeness (QED) is 0.599. The molecule has 34 heavy (non-hydrogen) atoms. The number of alkyl halides is 3. The zero-order valence-corrected chi connectivity index (χ0v) is 18.5. The Morgan fingerprint density at radius 1 is 1.09 bits per heavy atom. The van der Waals surface area contributed by atoms with E-state index in [-0.39, 0.29) is 43.3 Å². The molecule has 1 N–H and O–H groups in total. The van der Waals surface area contributed by atoms with Gasteiger partial charge in [0.25, 0.3) is 0 Å². The maximum absolute atomic E-state index is 15.2. The van der Waals surface area contributed by atoms with Crippen LogP contribution in [-0.4, -0.2) is 52.2 Å². The Morgan fingerprint density at radius 2 is 1.76 bits per heavy atom. The van der Waals surface area contributed by atoms with Gasteiger partial charge in [-0.15, -0.1) is 0 Å². The highest BCUT2D eigenvalue weighted by Crippen LogP contribution is 2.55. The predicted octanol–water partition coefficient (Wildman–Crippen LogP) is 3.76. The van der Waals surface area contributed by atoms with Crippen LogP contribution in [0.5, 0.6) is 11.5 Å². The van der Waals surface area contributed by atoms with Crippen LogP contribution in [-0.2, 0) is 19.3 Å². The van der Waals surface area contributed by atoms with Gasteiger partial charge in [-0.1, -0.05) is 0 Å². The van der Waals surface area contributed by atoms with Crippen molar-refractivity contribution >= 4 is 9.84 Å². The molecule has 2 aliphatic heterocycles. The van der Waals surface area contributed by atoms with E-state index in [1.165, 1.54) is 0 Å². The summed E-state index contributed by atoms with van der Waals surface area (Å²) >= 11 is 0. The third-order valence-corrected chi connectivity index (χ3v) is 8.73. The summed E-state index contributed by atoms with van der Waals surface area (Å²) in [5.41, 5.74) is -0.451. The summed E-state index contributed by atoms with van der Waals surface area (Å²) in [6.45, 7) is -2.30. The molecule has 0 amide bonds. The summed E-state index contributed by atoms with van der Waals surface area (Å²) in [5.74, 6) is -3.59. The molecule has 1 saturated heterocycles. The van der Waals surface area contributed by atoms with E-state index >= 15 is 4.39 Å². The molecule has 0 aliphatic carbocycles. The minimum Gasteiger partial charge on any atom is -0.490 e. The second kappa shape index (κ2) is 8.97. The van der Waals surface area contributed by atoms with Gasteiger partial charge in [0.15, 0.2) is 28.0 Å². The molecule has 0 saturated carbocycles. The van der Waals surface area contributed by atoms with E-state index < -0.39 is 62.3 Å². The summed E-state index contributed by atoms with van der Waals surface area (Å²) in [6.07, 6.45) is -5.57. The predicted molar refractivity (Wildman–Crippen MR) is 108 cm³/mol. The van der Waals surface area contributed by atoms with Crippen molar-refractivity contribution in [2.24, 2.45) is 5.92 Å². The first kappa shape index (κ1) is 24.7. The number of rotatable bonds is 6. The molecule has 1 fully saturated rings. The molecule has 3 atom stereocenters. The van der Waals surface area contributed by atoms with Crippen molar-refractivity contribution in [3.8, 4) is 11.5 Å². The fourth-order valence-corrected chi connectivity index (χ4v) is 7.07. The Morgan fingerprint density at radius 3 is 2.41 bits per heavy atom. The van der Waals surface area contributed by atoms with E-state index in [1.807, 2.05) is 0 Å². The average molecular weight is 508 g/mol. The van der Waals surface area contributed by atoms with Gasteiger partial charge in [-0.25, -0.2) is 17.2 Å². The molecule has 186 valence electrons. The van der Waals surface area contributed by atoms with E-state index in [4.69, 9.17) is 9.47 Å². The van der Waals surface area contributed by atoms with Gasteiger partial charge < -0.3 is 19.3 Å². The lowest BCUT2D eigenvalue weighted by molar-refractivity contribution is -0.153. The third kappa shape index (κ3) is 4.11. The van der Waals surface area contributed by atoms with Gasteiger partial charge in [0.05, 0.1) is 23.2 Å². The number of fused-ring (bicyclic) bond motifs is 3. The molecular weight excluding hydrogens is 487 g/mol. The Balaban J connectivity index is 1.84. The molecule has 0 aromatic heterocycles. The average Bonchev–Trinajstić information content (AvgIpc) is 2.79. The first-order valence-electron chi connectivity index (χ1n) is 10.4. The van der Waals surface area contributed by atoms with Crippen molar-refractivity contribution < 1.29 is 49.7 Å². The van der Waals surface area contributed by atoms with Gasteiger partial charge in [-0.05, 0) is 49.2 Å². The molecular formula is C22H21F5O6S. The summed E-state index contributed by atoms with van der Waals surface area (Å²) in [5, 5.41) is 9.45. The molecule has 2 aliphatic rings. The number of ether oxygens (including phenoxy) is 3. The molecule has 0 spiro atoms. The Hall–Kier alpha value is -2.44. The molecule has 6 nitrogen and oxygen atoms in total. The standard InChI is InChI=1S/C22H21F5O6S/c23-16-5-6-17(24)20-19(16)21(8-10-31-18(7-9-28)15(21)11-32-20)34(29,30)14-3-1-13(2-4-14)33-12-22(25,26)27/h1-6,15,18,28H,7-12H2/t15-,18-,21-/m0/s1. The van der Waals surface area contributed by atoms with Gasteiger partial charge in [-0.3, -0.25) is 0 Å². The highest BCUT2D eigenvalue weighted by molar-refractivity contribution is 7.92. The van der Waals surface area contributed by atoms with Crippen LogP contribution in [0.3, 0.4) is 0 Å². The van der Waals surface area contributed by atoms with Crippen molar-refractivity contribution in [3.63, 3.8) is 0 Å². The topological polar surface area (TPSA) is 82.1 Å². The van der Waals surface area contributed by atoms with E-state index in [1.54, 1.807) is 0 Å². The highest BCUT2D eigenvalue weighted by atomic mass is 32.2. The van der Waals surface area contributed by atoms with E-state index in [0.717, 1.165) is 36.4 Å². The number of hydrogen-bond donors (Lipinski definition) is 1. The van der Waals surface area contributed by atoms with Crippen molar-refractivity contribution in [2.75, 3.05) is 26.4 Å². The number of aliphatic hydroxyl groups excluding tert-OH is 1. The molecule has 4 rings (SSSR count). The monoisotopic (exact) mass is 508 g/mol. The first-order valence-corrected chi connectivity index (χ1v) is 11.9. The summed E-state index contributed by atoms with van der Waals surface area (Å²) < 4.78 is 109. The maximum atomic E-state index is 15.2. The second-order valence-corrected chi connectivity index (χ2v) is 10.3. The fraction of sp³-hybridized carbons (Fsp3) is 0.455. The minimum absolute atomic E-state index is 0.0434. The van der Waals surface area contributed by atoms with Crippen LogP contribution < -0.4 is 9.47 Å². The van der Waals surface area contributed by atoms with Gasteiger partial charge >= 0.3 is 6.18 Å². The van der Waals surface area contributed by atoms with Gasteiger partial charge in [0.2, 0.25) is 0 Å². The zero-order valence-electron chi connectivity index (χ0n) is 17.6. The number of halogens is 5. The number of sulfone groups is 1. The third-order valence-electron chi connectivity index (χ3n) is 6.17. The normalized spacial score (nSPS) is 24.6. The molecule has 2 aromatic carbocycles. The maximum Gasteiger partial charge on any atom is 0.422 e. The van der Waals surface area contributed by atoms with Gasteiger partial charge in [-0.2, -0.15) is 13.2 Å². The van der Waals surface area contributed by atoms with Crippen molar-refractivity contribution in [1.29, 1.82) is 0 Å². The first-order chi connectivity index (χ1) is 16.0. The van der Waals surface area contributed by atoms with E-state index in [9.17, 15) is 31.1 Å². The SMILES string of the molecule is O=S(=O)(c1ccc(OCC(F)(F)F)cc1)[C@@]12CCO[C@@H](CCO)[C@@H]1COc1c(F)ccc(F)c12. The lowest BCUT2D eigenvalue weighted by Gasteiger charge is -2.50. The van der Waals surface area contributed by atoms with Crippen LogP contribution in [0.4, 0.5) is 22.0 Å². The van der Waals surface area contributed by atoms with Crippen LogP contribution in [0.25, 0.3) is 0 Å². The van der Waals surface area contributed by atoms with Crippen LogP contribution >= 0.6 is 0 Å². The van der Waals surface area contributed by atoms with Crippen molar-refractivity contribution in [1.82, 2.24) is 0 Å². The summed E-state index contributed by atoms with van der Waals surface area (Å²) in [6, 6.07) is 5.92. The lowest BCUT2D eigenvalue weighted by Crippen LogP contribution is -2.57. The van der Waals surface area contributed by atoms with Crippen LogP contribution in [0.15, 0.2) is 41.3 Å². The molecule has 12 heteroatoms. The van der Waals surface area contributed by atoms with Gasteiger partial charge in [0, 0.05) is 19.1 Å². The number of aliphatic hydroxyl groups is 1. The molecule has 2 aromatic rings. The fourth-order valence-electron chi connectivity index (χ4n) is 4.73. The van der Waals surface area contributed by atoms with Crippen molar-refractivity contribution in [2.45, 2.75) is 34.8 Å². The molecule has 0 bridgehead atoms. The largest absolute Gasteiger partial charge is 0.490 e. The number of hydrogen-bond acceptors (Lipinski definition) is 6. The van der Waals surface area contributed by atoms with E-state index in [2.05, 4.69) is 4.74 Å². The second-order valence-electron chi connectivity index (χ2n) is 8.09. The Bertz CT molecular complexity index is 1150. The Labute approximate surface area is 192 Å². The zero-order chi connectivity index (χ0) is 24.7. The van der Waals surface area contributed by atoms with Crippen LogP contribution in [0.2, 0.25) is 0 Å². The van der Waals surface area contributed by atoms with Crippen LogP contribution in [0, 0.1) is 17.6 Å². The summed E-state index contributed by atoms with van der Waals surface area (Å²) in [7, 11) is -4.47. The molecule has 0 unspecified atom stereocenters. The van der Waals surface area contributed by atoms with Crippen LogP contribution in [0.1, 0.15) is 18.4 Å². The minimum atomic E-state index is -4.58. The smallest absolute Gasteiger partial charge is 0.422 e. The molecule has 0 radical (unpaired) electrons. The van der Waals surface area contributed by atoms with E-state index in [0.29, 0.717) is 0 Å². The Kier molecular flexibility index (Phi) is 6.51. The van der Waals surface area contributed by atoms with Gasteiger partial charge in [0.1, 0.15) is 16.3 Å². The van der Waals surface area contributed by atoms with Crippen molar-refractivity contribution in [3.05, 3.63) is 53.6 Å². The highest BCUT2D eigenvalue weighted by Gasteiger charge is 2.61. The lowest BCUT2D eigenvalue weighted by atomic mass is 9.75.